The Hall–Kier alpha value is -2.08. The average Bonchev–Trinajstić information content (AvgIpc) is 2.51. The summed E-state index contributed by atoms with van der Waals surface area (Å²) >= 11 is 0. The lowest BCUT2D eigenvalue weighted by Crippen LogP contribution is -2.28. The first-order valence-corrected chi connectivity index (χ1v) is 7.52. The lowest BCUT2D eigenvalue weighted by Gasteiger charge is -2.27. The second-order valence-corrected chi connectivity index (χ2v) is 5.60. The summed E-state index contributed by atoms with van der Waals surface area (Å²) in [5.74, 6) is 0.179. The summed E-state index contributed by atoms with van der Waals surface area (Å²) in [5, 5.41) is 8.75. The van der Waals surface area contributed by atoms with Gasteiger partial charge in [0, 0.05) is 0 Å². The molecule has 1 saturated heterocycles. The Morgan fingerprint density at radius 2 is 2.10 bits per heavy atom. The van der Waals surface area contributed by atoms with E-state index in [1.807, 2.05) is 30.3 Å². The maximum Gasteiger partial charge on any atom is 0.306 e. The van der Waals surface area contributed by atoms with E-state index in [4.69, 9.17) is 10.00 Å². The van der Waals surface area contributed by atoms with Crippen LogP contribution in [0.3, 0.4) is 0 Å². The molecule has 1 fully saturated rings. The number of esters is 1. The van der Waals surface area contributed by atoms with E-state index in [-0.39, 0.29) is 18.0 Å². The monoisotopic (exact) mass is 283 g/mol. The van der Waals surface area contributed by atoms with Gasteiger partial charge in [-0.2, -0.15) is 5.26 Å². The lowest BCUT2D eigenvalue weighted by molar-refractivity contribution is -0.156. The molecule has 0 N–H and O–H groups in total. The van der Waals surface area contributed by atoms with Gasteiger partial charge < -0.3 is 4.74 Å². The second kappa shape index (κ2) is 7.64. The van der Waals surface area contributed by atoms with Gasteiger partial charge >= 0.3 is 5.97 Å². The quantitative estimate of drug-likeness (QED) is 0.453. The number of carbonyl (C=O) groups excluding carboxylic acids is 1. The summed E-state index contributed by atoms with van der Waals surface area (Å²) in [5.41, 5.74) is 1.95. The Balaban J connectivity index is 1.70. The number of nitrogens with zero attached hydrogens (tertiary/aromatic N) is 1. The Morgan fingerprint density at radius 3 is 2.76 bits per heavy atom. The van der Waals surface area contributed by atoms with E-state index in [9.17, 15) is 4.79 Å². The number of ether oxygens (including phenoxy) is 1. The molecule has 3 heteroatoms. The summed E-state index contributed by atoms with van der Waals surface area (Å²) in [6, 6.07) is 9.84. The summed E-state index contributed by atoms with van der Waals surface area (Å²) in [4.78, 5) is 11.5. The molecule has 0 saturated carbocycles. The van der Waals surface area contributed by atoms with Crippen LogP contribution in [0, 0.1) is 17.2 Å². The van der Waals surface area contributed by atoms with Crippen molar-refractivity contribution < 1.29 is 9.53 Å². The number of unbranched alkanes of at least 4 members (excludes halogenated alkanes) is 1. The van der Waals surface area contributed by atoms with Crippen molar-refractivity contribution in [1.82, 2.24) is 0 Å². The molecule has 2 rings (SSSR count). The van der Waals surface area contributed by atoms with Gasteiger partial charge in [-0.25, -0.2) is 0 Å². The minimum Gasteiger partial charge on any atom is -0.462 e. The van der Waals surface area contributed by atoms with Crippen LogP contribution in [0.5, 0.6) is 0 Å². The van der Waals surface area contributed by atoms with Gasteiger partial charge in [0.15, 0.2) is 0 Å². The van der Waals surface area contributed by atoms with Crippen LogP contribution in [0.1, 0.15) is 43.2 Å². The topological polar surface area (TPSA) is 50.1 Å². The van der Waals surface area contributed by atoms with Crippen molar-refractivity contribution >= 4 is 5.97 Å². The fourth-order valence-electron chi connectivity index (χ4n) is 2.72. The molecule has 0 bridgehead atoms. The van der Waals surface area contributed by atoms with Crippen LogP contribution in [0.2, 0.25) is 0 Å². The van der Waals surface area contributed by atoms with Crippen molar-refractivity contribution in [2.24, 2.45) is 5.92 Å². The highest BCUT2D eigenvalue weighted by Crippen LogP contribution is 2.25. The molecule has 0 spiro atoms. The highest BCUT2D eigenvalue weighted by atomic mass is 16.5. The maximum absolute atomic E-state index is 11.5. The zero-order valence-electron chi connectivity index (χ0n) is 12.3. The smallest absolute Gasteiger partial charge is 0.306 e. The van der Waals surface area contributed by atoms with Gasteiger partial charge in [-0.05, 0) is 55.7 Å². The van der Waals surface area contributed by atoms with Gasteiger partial charge in [0.2, 0.25) is 0 Å². The van der Waals surface area contributed by atoms with Crippen molar-refractivity contribution in [3.63, 3.8) is 0 Å². The van der Waals surface area contributed by atoms with Crippen LogP contribution >= 0.6 is 0 Å². The van der Waals surface area contributed by atoms with Crippen molar-refractivity contribution in [2.75, 3.05) is 0 Å². The first-order valence-electron chi connectivity index (χ1n) is 7.52. The average molecular weight is 283 g/mol. The van der Waals surface area contributed by atoms with E-state index in [1.165, 1.54) is 5.56 Å². The standard InChI is InChI=1S/C18H21NO2/c1-2-14-11-17(21-18(20)12-14)6-4-3-5-15-7-9-16(13-19)10-8-15/h2,7-10,14,17H,1,3-6,11-12H2/t14-,17+/m0/s1. The van der Waals surface area contributed by atoms with Crippen molar-refractivity contribution in [3.05, 3.63) is 48.0 Å². The summed E-state index contributed by atoms with van der Waals surface area (Å²) < 4.78 is 5.38. The molecule has 1 heterocycles. The third kappa shape index (κ3) is 4.75. The number of cyclic esters (lactones) is 1. The largest absolute Gasteiger partial charge is 0.462 e. The van der Waals surface area contributed by atoms with E-state index >= 15 is 0 Å². The van der Waals surface area contributed by atoms with Gasteiger partial charge in [-0.15, -0.1) is 6.58 Å². The van der Waals surface area contributed by atoms with Crippen LogP contribution in [0.25, 0.3) is 0 Å². The fraction of sp³-hybridized carbons (Fsp3) is 0.444. The molecule has 1 aliphatic heterocycles. The van der Waals surface area contributed by atoms with Crippen molar-refractivity contribution in [2.45, 2.75) is 44.6 Å². The van der Waals surface area contributed by atoms with Crippen molar-refractivity contribution in [3.8, 4) is 6.07 Å². The third-order valence-corrected chi connectivity index (χ3v) is 3.95. The van der Waals surface area contributed by atoms with Gasteiger partial charge in [0.1, 0.15) is 6.10 Å². The van der Waals surface area contributed by atoms with E-state index in [0.717, 1.165) is 32.1 Å². The number of carbonyl (C=O) groups is 1. The van der Waals surface area contributed by atoms with E-state index in [1.54, 1.807) is 0 Å². The Bertz CT molecular complexity index is 527. The SMILES string of the molecule is C=C[C@@H]1CC(=O)O[C@H](CCCCc2ccc(C#N)cc2)C1. The molecule has 0 amide bonds. The third-order valence-electron chi connectivity index (χ3n) is 3.95. The number of aryl methyl sites for hydroxylation is 1. The normalized spacial score (nSPS) is 21.4. The molecule has 2 atom stereocenters. The minimum absolute atomic E-state index is 0.0511. The first-order chi connectivity index (χ1) is 10.2. The molecule has 21 heavy (non-hydrogen) atoms. The predicted octanol–water partition coefficient (Wildman–Crippen LogP) is 3.78. The molecule has 0 unspecified atom stereocenters. The van der Waals surface area contributed by atoms with Crippen molar-refractivity contribution in [1.29, 1.82) is 5.26 Å². The molecule has 1 aliphatic rings. The van der Waals surface area contributed by atoms with E-state index in [2.05, 4.69) is 12.6 Å². The number of benzene rings is 1. The van der Waals surface area contributed by atoms with Gasteiger partial charge in [-0.1, -0.05) is 18.2 Å². The minimum atomic E-state index is -0.0942. The molecular formula is C18H21NO2. The van der Waals surface area contributed by atoms with Gasteiger partial charge in [0.05, 0.1) is 18.1 Å². The Labute approximate surface area is 126 Å². The van der Waals surface area contributed by atoms with E-state index < -0.39 is 0 Å². The van der Waals surface area contributed by atoms with Crippen LogP contribution in [-0.4, -0.2) is 12.1 Å². The summed E-state index contributed by atoms with van der Waals surface area (Å²) in [6.45, 7) is 3.77. The van der Waals surface area contributed by atoms with Crippen LogP contribution in [0.15, 0.2) is 36.9 Å². The predicted molar refractivity (Wildman–Crippen MR) is 81.5 cm³/mol. The highest BCUT2D eigenvalue weighted by Gasteiger charge is 2.26. The fourth-order valence-corrected chi connectivity index (χ4v) is 2.72. The van der Waals surface area contributed by atoms with Gasteiger partial charge in [-0.3, -0.25) is 4.79 Å². The molecule has 3 nitrogen and oxygen atoms in total. The zero-order valence-corrected chi connectivity index (χ0v) is 12.3. The molecule has 0 aliphatic carbocycles. The zero-order chi connectivity index (χ0) is 15.1. The molecule has 0 aromatic heterocycles. The molecule has 0 radical (unpaired) electrons. The number of hydrogen-bond donors (Lipinski definition) is 0. The van der Waals surface area contributed by atoms with Gasteiger partial charge in [0.25, 0.3) is 0 Å². The van der Waals surface area contributed by atoms with Crippen LogP contribution in [0.4, 0.5) is 0 Å². The van der Waals surface area contributed by atoms with E-state index in [0.29, 0.717) is 12.0 Å². The molecule has 1 aromatic rings. The lowest BCUT2D eigenvalue weighted by atomic mass is 9.92. The second-order valence-electron chi connectivity index (χ2n) is 5.60. The number of rotatable bonds is 6. The number of hydrogen-bond acceptors (Lipinski definition) is 3. The first kappa shape index (κ1) is 15.3. The maximum atomic E-state index is 11.5. The highest BCUT2D eigenvalue weighted by molar-refractivity contribution is 5.70. The molecular weight excluding hydrogens is 262 g/mol. The van der Waals surface area contributed by atoms with Crippen LogP contribution < -0.4 is 0 Å². The molecule has 1 aromatic carbocycles. The number of nitriles is 1. The van der Waals surface area contributed by atoms with Crippen LogP contribution in [-0.2, 0) is 16.0 Å². The summed E-state index contributed by atoms with van der Waals surface area (Å²) in [7, 11) is 0. The summed E-state index contributed by atoms with van der Waals surface area (Å²) in [6.07, 6.45) is 7.33. The Morgan fingerprint density at radius 1 is 1.33 bits per heavy atom. The number of allylic oxidation sites excluding steroid dienone is 1. The molecule has 110 valence electrons. The Kier molecular flexibility index (Phi) is 5.57.